The second-order valence-corrected chi connectivity index (χ2v) is 9.64. The van der Waals surface area contributed by atoms with Crippen molar-refractivity contribution in [2.75, 3.05) is 33.2 Å². The molecule has 0 radical (unpaired) electrons. The highest BCUT2D eigenvalue weighted by Crippen LogP contribution is 2.29. The Balaban J connectivity index is 0.00000280. The van der Waals surface area contributed by atoms with Crippen LogP contribution in [0.25, 0.3) is 0 Å². The molecule has 3 rings (SSSR count). The Morgan fingerprint density at radius 2 is 1.75 bits per heavy atom. The van der Waals surface area contributed by atoms with Crippen LogP contribution in [0.15, 0.2) is 29.2 Å². The zero-order valence-corrected chi connectivity index (χ0v) is 18.4. The minimum atomic E-state index is -3.63. The number of hydrogen-bond donors (Lipinski definition) is 1. The van der Waals surface area contributed by atoms with Crippen LogP contribution in [-0.2, 0) is 14.8 Å². The maximum atomic E-state index is 13.1. The summed E-state index contributed by atoms with van der Waals surface area (Å²) in [4.78, 5) is 15.2. The molecule has 0 aromatic heterocycles. The van der Waals surface area contributed by atoms with Crippen molar-refractivity contribution in [3.05, 3.63) is 29.8 Å². The fourth-order valence-corrected chi connectivity index (χ4v) is 5.77. The number of carbonyl (C=O) groups is 1. The van der Waals surface area contributed by atoms with Crippen molar-refractivity contribution in [2.45, 2.75) is 50.0 Å². The van der Waals surface area contributed by atoms with E-state index >= 15 is 0 Å². The van der Waals surface area contributed by atoms with Crippen molar-refractivity contribution in [2.24, 2.45) is 5.92 Å². The van der Waals surface area contributed by atoms with Crippen LogP contribution in [0.1, 0.15) is 37.7 Å². The lowest BCUT2D eigenvalue weighted by Gasteiger charge is -2.35. The molecule has 28 heavy (non-hydrogen) atoms. The number of amides is 1. The fraction of sp³-hybridized carbons (Fsp3) is 0.650. The number of rotatable bonds is 6. The standard InChI is InChI=1S/C20H31N3O3S.ClH/c1-16-5-7-18(8-6-16)27(25,26)23-13-3-4-19(23)20(24)22-14-10-17(11-15-22)9-12-21-2;/h5-8,17,19,21H,3-4,9-15H2,1-2H3;1H. The summed E-state index contributed by atoms with van der Waals surface area (Å²) in [7, 11) is -1.67. The number of sulfonamides is 1. The number of nitrogens with one attached hydrogen (secondary N) is 1. The van der Waals surface area contributed by atoms with E-state index in [2.05, 4.69) is 5.32 Å². The predicted octanol–water partition coefficient (Wildman–Crippen LogP) is 2.42. The van der Waals surface area contributed by atoms with Gasteiger partial charge in [0, 0.05) is 19.6 Å². The number of benzene rings is 1. The highest BCUT2D eigenvalue weighted by atomic mass is 35.5. The normalized spacial score (nSPS) is 21.5. The second-order valence-electron chi connectivity index (χ2n) is 7.75. The first-order valence-electron chi connectivity index (χ1n) is 9.95. The first-order valence-corrected chi connectivity index (χ1v) is 11.4. The van der Waals surface area contributed by atoms with Gasteiger partial charge in [-0.25, -0.2) is 8.42 Å². The summed E-state index contributed by atoms with van der Waals surface area (Å²) in [6.07, 6.45) is 4.50. The fourth-order valence-electron chi connectivity index (χ4n) is 4.12. The smallest absolute Gasteiger partial charge is 0.243 e. The van der Waals surface area contributed by atoms with Crippen LogP contribution in [-0.4, -0.2) is 62.8 Å². The highest BCUT2D eigenvalue weighted by molar-refractivity contribution is 7.89. The first-order chi connectivity index (χ1) is 12.9. The average Bonchev–Trinajstić information content (AvgIpc) is 3.17. The summed E-state index contributed by atoms with van der Waals surface area (Å²) in [5, 5.41) is 3.18. The highest BCUT2D eigenvalue weighted by Gasteiger charge is 2.41. The molecular weight excluding hydrogens is 398 g/mol. The Hall–Kier alpha value is -1.15. The summed E-state index contributed by atoms with van der Waals surface area (Å²) in [5.74, 6) is 0.632. The molecule has 0 bridgehead atoms. The van der Waals surface area contributed by atoms with Gasteiger partial charge in [-0.1, -0.05) is 17.7 Å². The van der Waals surface area contributed by atoms with Crippen molar-refractivity contribution in [3.63, 3.8) is 0 Å². The van der Waals surface area contributed by atoms with Crippen LogP contribution in [0.2, 0.25) is 0 Å². The summed E-state index contributed by atoms with van der Waals surface area (Å²) >= 11 is 0. The molecule has 8 heteroatoms. The molecule has 2 aliphatic rings. The molecule has 6 nitrogen and oxygen atoms in total. The number of likely N-dealkylation sites (tertiary alicyclic amines) is 1. The molecule has 158 valence electrons. The van der Waals surface area contributed by atoms with Crippen LogP contribution in [0, 0.1) is 12.8 Å². The van der Waals surface area contributed by atoms with Gasteiger partial charge in [0.1, 0.15) is 6.04 Å². The maximum absolute atomic E-state index is 13.1. The van der Waals surface area contributed by atoms with Gasteiger partial charge in [0.2, 0.25) is 15.9 Å². The third-order valence-corrected chi connectivity index (χ3v) is 7.77. The van der Waals surface area contributed by atoms with E-state index in [0.29, 0.717) is 18.9 Å². The predicted molar refractivity (Wildman–Crippen MR) is 113 cm³/mol. The number of nitrogens with zero attached hydrogens (tertiary/aromatic N) is 2. The largest absolute Gasteiger partial charge is 0.341 e. The number of halogens is 1. The number of aryl methyl sites for hydroxylation is 1. The maximum Gasteiger partial charge on any atom is 0.243 e. The van der Waals surface area contributed by atoms with Gasteiger partial charge in [-0.05, 0) is 70.7 Å². The Morgan fingerprint density at radius 1 is 1.11 bits per heavy atom. The third-order valence-electron chi connectivity index (χ3n) is 5.85. The number of piperidine rings is 1. The third kappa shape index (κ3) is 5.06. The molecule has 0 saturated carbocycles. The lowest BCUT2D eigenvalue weighted by atomic mass is 9.93. The van der Waals surface area contributed by atoms with E-state index in [1.807, 2.05) is 18.9 Å². The Bertz CT molecular complexity index is 746. The summed E-state index contributed by atoms with van der Waals surface area (Å²) in [6, 6.07) is 6.33. The van der Waals surface area contributed by atoms with Crippen molar-refractivity contribution in [1.82, 2.24) is 14.5 Å². The van der Waals surface area contributed by atoms with E-state index in [-0.39, 0.29) is 23.2 Å². The van der Waals surface area contributed by atoms with Gasteiger partial charge < -0.3 is 10.2 Å². The average molecular weight is 430 g/mol. The van der Waals surface area contributed by atoms with Gasteiger partial charge in [-0.15, -0.1) is 12.4 Å². The molecule has 2 fully saturated rings. The Kier molecular flexibility index (Phi) is 8.30. The van der Waals surface area contributed by atoms with Gasteiger partial charge >= 0.3 is 0 Å². The Labute approximate surface area is 175 Å². The first kappa shape index (κ1) is 23.1. The summed E-state index contributed by atoms with van der Waals surface area (Å²) in [5.41, 5.74) is 1.02. The van der Waals surface area contributed by atoms with E-state index < -0.39 is 16.1 Å². The van der Waals surface area contributed by atoms with Gasteiger partial charge in [0.05, 0.1) is 4.90 Å². The molecule has 1 aromatic carbocycles. The monoisotopic (exact) mass is 429 g/mol. The molecular formula is C20H32ClN3O3S. The molecule has 1 aromatic rings. The van der Waals surface area contributed by atoms with Gasteiger partial charge in [0.25, 0.3) is 0 Å². The lowest BCUT2D eigenvalue weighted by molar-refractivity contribution is -0.136. The van der Waals surface area contributed by atoms with E-state index in [4.69, 9.17) is 0 Å². The minimum Gasteiger partial charge on any atom is -0.341 e. The van der Waals surface area contributed by atoms with Crippen molar-refractivity contribution < 1.29 is 13.2 Å². The van der Waals surface area contributed by atoms with Gasteiger partial charge in [-0.3, -0.25) is 4.79 Å². The van der Waals surface area contributed by atoms with Crippen LogP contribution >= 0.6 is 12.4 Å². The van der Waals surface area contributed by atoms with E-state index in [9.17, 15) is 13.2 Å². The molecule has 0 aliphatic carbocycles. The van der Waals surface area contributed by atoms with E-state index in [0.717, 1.165) is 50.9 Å². The second kappa shape index (κ2) is 10.1. The summed E-state index contributed by atoms with van der Waals surface area (Å²) in [6.45, 7) is 4.83. The van der Waals surface area contributed by atoms with Crippen LogP contribution in [0.4, 0.5) is 0 Å². The van der Waals surface area contributed by atoms with E-state index in [1.165, 1.54) is 4.31 Å². The SMILES string of the molecule is CNCCC1CCN(C(=O)C2CCCN2S(=O)(=O)c2ccc(C)cc2)CC1.Cl. The molecule has 1 unspecified atom stereocenters. The minimum absolute atomic E-state index is 0. The van der Waals surface area contributed by atoms with Crippen LogP contribution in [0.5, 0.6) is 0 Å². The molecule has 0 spiro atoms. The van der Waals surface area contributed by atoms with Crippen LogP contribution < -0.4 is 5.32 Å². The van der Waals surface area contributed by atoms with E-state index in [1.54, 1.807) is 24.3 Å². The zero-order valence-electron chi connectivity index (χ0n) is 16.8. The van der Waals surface area contributed by atoms with Crippen molar-refractivity contribution in [1.29, 1.82) is 0 Å². The molecule has 2 saturated heterocycles. The van der Waals surface area contributed by atoms with Crippen LogP contribution in [0.3, 0.4) is 0 Å². The Morgan fingerprint density at radius 3 is 2.36 bits per heavy atom. The van der Waals surface area contributed by atoms with Gasteiger partial charge in [-0.2, -0.15) is 4.31 Å². The quantitative estimate of drug-likeness (QED) is 0.753. The number of carbonyl (C=O) groups excluding carboxylic acids is 1. The topological polar surface area (TPSA) is 69.7 Å². The molecule has 1 N–H and O–H groups in total. The molecule has 2 aliphatic heterocycles. The molecule has 1 amide bonds. The number of hydrogen-bond acceptors (Lipinski definition) is 4. The van der Waals surface area contributed by atoms with Crippen molar-refractivity contribution in [3.8, 4) is 0 Å². The lowest BCUT2D eigenvalue weighted by Crippen LogP contribution is -2.50. The van der Waals surface area contributed by atoms with Gasteiger partial charge in [0.15, 0.2) is 0 Å². The zero-order chi connectivity index (χ0) is 19.4. The summed E-state index contributed by atoms with van der Waals surface area (Å²) < 4.78 is 27.5. The molecule has 1 atom stereocenters. The molecule has 2 heterocycles. The van der Waals surface area contributed by atoms with Crippen molar-refractivity contribution >= 4 is 28.3 Å².